The van der Waals surface area contributed by atoms with Crippen LogP contribution in [0, 0.1) is 0 Å². The second kappa shape index (κ2) is 10.4. The standard InChI is InChI=1S/C25H32N4O2S2/c1-4-5-6-9-12-29-24(31)21(33-25(29)32)17-19-22(28-15-13-26(2)14-16-28)18-10-7-8-11-20(18)27(3)23(19)30/h7-8,10-11,17H,4-6,9,12-16H2,1-3H3. The Hall–Kier alpha value is -2.16. The van der Waals surface area contributed by atoms with Gasteiger partial charge in [0.15, 0.2) is 0 Å². The predicted molar refractivity (Wildman–Crippen MR) is 143 cm³/mol. The Morgan fingerprint density at radius 1 is 1.03 bits per heavy atom. The van der Waals surface area contributed by atoms with Crippen LogP contribution in [-0.4, -0.2) is 64.4 Å². The third-order valence-corrected chi connectivity index (χ3v) is 7.89. The quantitative estimate of drug-likeness (QED) is 0.335. The van der Waals surface area contributed by atoms with E-state index in [0.29, 0.717) is 21.3 Å². The van der Waals surface area contributed by atoms with E-state index in [9.17, 15) is 9.59 Å². The van der Waals surface area contributed by atoms with Crippen LogP contribution < -0.4 is 10.5 Å². The maximum absolute atomic E-state index is 13.5. The van der Waals surface area contributed by atoms with Crippen LogP contribution in [0.1, 0.15) is 38.2 Å². The third kappa shape index (κ3) is 4.88. The van der Waals surface area contributed by atoms with Crippen molar-refractivity contribution in [2.24, 2.45) is 7.05 Å². The molecule has 3 heterocycles. The Bertz CT molecular complexity index is 1150. The van der Waals surface area contributed by atoms with Gasteiger partial charge in [-0.3, -0.25) is 14.5 Å². The molecular weight excluding hydrogens is 452 g/mol. The number of likely N-dealkylation sites (N-methyl/N-ethyl adjacent to an activating group) is 1. The molecule has 0 spiro atoms. The summed E-state index contributed by atoms with van der Waals surface area (Å²) >= 11 is 6.83. The molecule has 8 heteroatoms. The number of aromatic nitrogens is 1. The van der Waals surface area contributed by atoms with E-state index >= 15 is 0 Å². The van der Waals surface area contributed by atoms with E-state index in [-0.39, 0.29) is 11.5 Å². The van der Waals surface area contributed by atoms with Crippen molar-refractivity contribution in [3.8, 4) is 0 Å². The van der Waals surface area contributed by atoms with Crippen LogP contribution in [-0.2, 0) is 11.8 Å². The summed E-state index contributed by atoms with van der Waals surface area (Å²) in [4.78, 5) is 33.5. The number of nitrogens with zero attached hydrogens (tertiary/aromatic N) is 4. The monoisotopic (exact) mass is 484 g/mol. The largest absolute Gasteiger partial charge is 0.368 e. The van der Waals surface area contributed by atoms with Gasteiger partial charge in [0, 0.05) is 45.2 Å². The highest BCUT2D eigenvalue weighted by Crippen LogP contribution is 2.36. The lowest BCUT2D eigenvalue weighted by Crippen LogP contribution is -2.45. The van der Waals surface area contributed by atoms with Crippen molar-refractivity contribution in [3.63, 3.8) is 0 Å². The van der Waals surface area contributed by atoms with Crippen molar-refractivity contribution in [2.45, 2.75) is 32.6 Å². The smallest absolute Gasteiger partial charge is 0.266 e. The first-order valence-electron chi connectivity index (χ1n) is 11.7. The van der Waals surface area contributed by atoms with E-state index in [0.717, 1.165) is 68.5 Å². The number of thioether (sulfide) groups is 1. The van der Waals surface area contributed by atoms with Gasteiger partial charge in [-0.05, 0) is 25.6 Å². The molecule has 4 rings (SSSR count). The average molecular weight is 485 g/mol. The van der Waals surface area contributed by atoms with Gasteiger partial charge < -0.3 is 14.4 Å². The molecule has 0 N–H and O–H groups in total. The maximum atomic E-state index is 13.5. The summed E-state index contributed by atoms with van der Waals surface area (Å²) in [5.41, 5.74) is 2.31. The Morgan fingerprint density at radius 3 is 2.48 bits per heavy atom. The molecule has 0 bridgehead atoms. The lowest BCUT2D eigenvalue weighted by Gasteiger charge is -2.35. The van der Waals surface area contributed by atoms with Crippen molar-refractivity contribution >= 4 is 56.9 Å². The molecule has 0 saturated carbocycles. The molecule has 176 valence electrons. The Balaban J connectivity index is 1.76. The fourth-order valence-electron chi connectivity index (χ4n) is 4.52. The Kier molecular flexibility index (Phi) is 7.56. The topological polar surface area (TPSA) is 48.8 Å². The highest BCUT2D eigenvalue weighted by molar-refractivity contribution is 8.26. The summed E-state index contributed by atoms with van der Waals surface area (Å²) < 4.78 is 2.27. The number of unbranched alkanes of at least 4 members (excludes halogenated alkanes) is 3. The molecule has 2 aliphatic heterocycles. The first kappa shape index (κ1) is 24.0. The molecule has 2 aromatic rings. The molecule has 1 aromatic heterocycles. The second-order valence-electron chi connectivity index (χ2n) is 8.83. The Morgan fingerprint density at radius 2 is 1.76 bits per heavy atom. The van der Waals surface area contributed by atoms with E-state index < -0.39 is 0 Å². The summed E-state index contributed by atoms with van der Waals surface area (Å²) in [5.74, 6) is -0.0824. The van der Waals surface area contributed by atoms with Crippen LogP contribution in [0.2, 0.25) is 0 Å². The van der Waals surface area contributed by atoms with Crippen LogP contribution in [0.5, 0.6) is 0 Å². The molecule has 0 aliphatic carbocycles. The molecular formula is C25H32N4O2S2. The van der Waals surface area contributed by atoms with Crippen LogP contribution in [0.3, 0.4) is 0 Å². The minimum Gasteiger partial charge on any atom is -0.368 e. The van der Waals surface area contributed by atoms with Crippen LogP contribution in [0.15, 0.2) is 34.0 Å². The number of aryl methyl sites for hydroxylation is 1. The molecule has 1 aromatic carbocycles. The minimum absolute atomic E-state index is 0.0824. The summed E-state index contributed by atoms with van der Waals surface area (Å²) in [6, 6.07) is 8.01. The number of hydrogen-bond acceptors (Lipinski definition) is 6. The number of pyridine rings is 1. The van der Waals surface area contributed by atoms with Gasteiger partial charge in [0.2, 0.25) is 0 Å². The van der Waals surface area contributed by atoms with Gasteiger partial charge in [0.05, 0.1) is 21.7 Å². The van der Waals surface area contributed by atoms with Gasteiger partial charge in [-0.25, -0.2) is 0 Å². The summed E-state index contributed by atoms with van der Waals surface area (Å²) in [6.07, 6.45) is 6.13. The zero-order valence-corrected chi connectivity index (χ0v) is 21.3. The van der Waals surface area contributed by atoms with Crippen molar-refractivity contribution < 1.29 is 4.79 Å². The normalized spacial score (nSPS) is 18.8. The van der Waals surface area contributed by atoms with Crippen LogP contribution >= 0.6 is 24.0 Å². The summed E-state index contributed by atoms with van der Waals surface area (Å²) in [5, 5.41) is 1.03. The number of rotatable bonds is 7. The number of carbonyl (C=O) groups is 1. The summed E-state index contributed by atoms with van der Waals surface area (Å²) in [7, 11) is 3.92. The molecule has 0 unspecified atom stereocenters. The van der Waals surface area contributed by atoms with Crippen molar-refractivity contribution in [3.05, 3.63) is 45.1 Å². The number of piperazine rings is 1. The molecule has 2 saturated heterocycles. The lowest BCUT2D eigenvalue weighted by atomic mass is 10.1. The van der Waals surface area contributed by atoms with Crippen LogP contribution in [0.25, 0.3) is 17.0 Å². The average Bonchev–Trinajstić information content (AvgIpc) is 3.08. The lowest BCUT2D eigenvalue weighted by molar-refractivity contribution is -0.122. The van der Waals surface area contributed by atoms with Gasteiger partial charge in [0.1, 0.15) is 4.32 Å². The van der Waals surface area contributed by atoms with Crippen molar-refractivity contribution in [2.75, 3.05) is 44.7 Å². The number of anilines is 1. The molecule has 0 radical (unpaired) electrons. The van der Waals surface area contributed by atoms with Gasteiger partial charge in [-0.15, -0.1) is 0 Å². The minimum atomic E-state index is -0.0872. The predicted octanol–water partition coefficient (Wildman–Crippen LogP) is 4.07. The first-order chi connectivity index (χ1) is 15.9. The molecule has 2 aliphatic rings. The number of amides is 1. The first-order valence-corrected chi connectivity index (χ1v) is 13.0. The fourth-order valence-corrected chi connectivity index (χ4v) is 5.81. The van der Waals surface area contributed by atoms with Crippen molar-refractivity contribution in [1.29, 1.82) is 0 Å². The highest BCUT2D eigenvalue weighted by Gasteiger charge is 2.32. The van der Waals surface area contributed by atoms with Crippen LogP contribution in [0.4, 0.5) is 5.69 Å². The molecule has 33 heavy (non-hydrogen) atoms. The number of thiocarbonyl (C=S) groups is 1. The van der Waals surface area contributed by atoms with E-state index in [4.69, 9.17) is 12.2 Å². The van der Waals surface area contributed by atoms with E-state index in [1.54, 1.807) is 22.6 Å². The van der Waals surface area contributed by atoms with Gasteiger partial charge >= 0.3 is 0 Å². The second-order valence-corrected chi connectivity index (χ2v) is 10.5. The van der Waals surface area contributed by atoms with Gasteiger partial charge in [-0.1, -0.05) is 68.4 Å². The highest BCUT2D eigenvalue weighted by atomic mass is 32.2. The van der Waals surface area contributed by atoms with E-state index in [1.807, 2.05) is 18.2 Å². The zero-order chi connectivity index (χ0) is 23.5. The zero-order valence-electron chi connectivity index (χ0n) is 19.7. The third-order valence-electron chi connectivity index (χ3n) is 6.51. The van der Waals surface area contributed by atoms with E-state index in [1.165, 1.54) is 11.8 Å². The van der Waals surface area contributed by atoms with Gasteiger partial charge in [-0.2, -0.15) is 0 Å². The number of benzene rings is 1. The SMILES string of the molecule is CCCCCCN1C(=O)C(=Cc2c(N3CCN(C)CC3)c3ccccc3n(C)c2=O)SC1=S. The van der Waals surface area contributed by atoms with Crippen molar-refractivity contribution in [1.82, 2.24) is 14.4 Å². The number of hydrogen-bond donors (Lipinski definition) is 0. The molecule has 2 fully saturated rings. The van der Waals surface area contributed by atoms with E-state index in [2.05, 4.69) is 29.8 Å². The molecule has 0 atom stereocenters. The number of carbonyl (C=O) groups excluding carboxylic acids is 1. The maximum Gasteiger partial charge on any atom is 0.266 e. The Labute approximate surface area is 205 Å². The number of para-hydroxylation sites is 1. The summed E-state index contributed by atoms with van der Waals surface area (Å²) in [6.45, 7) is 6.36. The fraction of sp³-hybridized carbons (Fsp3) is 0.480. The van der Waals surface area contributed by atoms with Gasteiger partial charge in [0.25, 0.3) is 11.5 Å². The molecule has 6 nitrogen and oxygen atoms in total. The molecule has 1 amide bonds. The number of fused-ring (bicyclic) bond motifs is 1.